The number of carbonyl (C=O) groups is 2. The lowest BCUT2D eigenvalue weighted by molar-refractivity contribution is -0.132. The fraction of sp³-hybridized carbons (Fsp3) is 0.438. The van der Waals surface area contributed by atoms with Crippen molar-refractivity contribution in [3.05, 3.63) is 23.2 Å². The number of hydrogen-bond donors (Lipinski definition) is 2. The largest absolute Gasteiger partial charge is 0.335 e. The molecule has 6 nitrogen and oxygen atoms in total. The summed E-state index contributed by atoms with van der Waals surface area (Å²) in [6.45, 7) is 6.10. The molecule has 2 rings (SSSR count). The van der Waals surface area contributed by atoms with Gasteiger partial charge in [-0.3, -0.25) is 9.59 Å². The van der Waals surface area contributed by atoms with Crippen LogP contribution in [0.3, 0.4) is 0 Å². The molecule has 0 fully saturated rings. The summed E-state index contributed by atoms with van der Waals surface area (Å²) >= 11 is 7.29. The van der Waals surface area contributed by atoms with Gasteiger partial charge in [-0.1, -0.05) is 22.9 Å². The molecule has 0 aliphatic heterocycles. The first-order valence-electron chi connectivity index (χ1n) is 7.49. The van der Waals surface area contributed by atoms with Crippen molar-refractivity contribution >= 4 is 50.1 Å². The van der Waals surface area contributed by atoms with E-state index in [9.17, 15) is 9.59 Å². The molecule has 0 saturated carbocycles. The number of fused-ring (bicyclic) bond motifs is 1. The van der Waals surface area contributed by atoms with Gasteiger partial charge in [0.15, 0.2) is 5.13 Å². The number of aromatic nitrogens is 1. The van der Waals surface area contributed by atoms with Crippen LogP contribution in [-0.2, 0) is 9.59 Å². The van der Waals surface area contributed by atoms with E-state index in [0.29, 0.717) is 10.2 Å². The first-order valence-corrected chi connectivity index (χ1v) is 8.68. The predicted molar refractivity (Wildman–Crippen MR) is 98.7 cm³/mol. The summed E-state index contributed by atoms with van der Waals surface area (Å²) in [6, 6.07) is 5.36. The van der Waals surface area contributed by atoms with Crippen molar-refractivity contribution in [1.29, 1.82) is 0 Å². The molecule has 0 radical (unpaired) electrons. The molecule has 0 unspecified atom stereocenters. The van der Waals surface area contributed by atoms with Gasteiger partial charge in [-0.25, -0.2) is 4.98 Å². The van der Waals surface area contributed by atoms with E-state index >= 15 is 0 Å². The molecule has 1 aromatic heterocycles. The molecule has 0 aliphatic carbocycles. The molecular formula is C16H21ClN4O2S. The summed E-state index contributed by atoms with van der Waals surface area (Å²) in [6.07, 6.45) is 0. The highest BCUT2D eigenvalue weighted by Crippen LogP contribution is 2.28. The molecule has 130 valence electrons. The first-order chi connectivity index (χ1) is 11.1. The van der Waals surface area contributed by atoms with Gasteiger partial charge in [0.1, 0.15) is 0 Å². The van der Waals surface area contributed by atoms with Crippen LogP contribution in [0.1, 0.15) is 20.8 Å². The maximum Gasteiger partial charge on any atom is 0.245 e. The molecule has 2 N–H and O–H groups in total. The van der Waals surface area contributed by atoms with E-state index in [-0.39, 0.29) is 30.4 Å². The Balaban J connectivity index is 1.90. The number of hydrogen-bond acceptors (Lipinski definition) is 5. The van der Waals surface area contributed by atoms with Crippen molar-refractivity contribution in [1.82, 2.24) is 15.2 Å². The maximum atomic E-state index is 12.1. The molecule has 0 atom stereocenters. The van der Waals surface area contributed by atoms with Crippen molar-refractivity contribution in [2.24, 2.45) is 0 Å². The smallest absolute Gasteiger partial charge is 0.245 e. The molecule has 2 aromatic rings. The standard InChI is InChI=1S/C16H21ClN4O2S/c1-16(2,3)18-8-14(23)21(4)9-13(22)20-15-19-11-6-5-10(17)7-12(11)24-15/h5-7,18H,8-9H2,1-4H3,(H,19,20,22). The van der Waals surface area contributed by atoms with Crippen molar-refractivity contribution in [2.45, 2.75) is 26.3 Å². The summed E-state index contributed by atoms with van der Waals surface area (Å²) in [4.78, 5) is 29.8. The summed E-state index contributed by atoms with van der Waals surface area (Å²) in [7, 11) is 1.60. The number of thiazole rings is 1. The van der Waals surface area contributed by atoms with Gasteiger partial charge in [0.05, 0.1) is 23.3 Å². The van der Waals surface area contributed by atoms with Gasteiger partial charge >= 0.3 is 0 Å². The van der Waals surface area contributed by atoms with E-state index in [1.165, 1.54) is 16.2 Å². The number of nitrogens with one attached hydrogen (secondary N) is 2. The molecular weight excluding hydrogens is 348 g/mol. The Bertz CT molecular complexity index is 754. The average molecular weight is 369 g/mol. The zero-order chi connectivity index (χ0) is 17.9. The van der Waals surface area contributed by atoms with Crippen LogP contribution in [0.25, 0.3) is 10.2 Å². The number of rotatable bonds is 5. The molecule has 0 aliphatic rings. The average Bonchev–Trinajstić information content (AvgIpc) is 2.84. The number of benzene rings is 1. The van der Waals surface area contributed by atoms with E-state index < -0.39 is 0 Å². The van der Waals surface area contributed by atoms with Gasteiger partial charge in [0.25, 0.3) is 0 Å². The predicted octanol–water partition coefficient (Wildman–Crippen LogP) is 2.73. The number of likely N-dealkylation sites (N-methyl/N-ethyl adjacent to an activating group) is 1. The van der Waals surface area contributed by atoms with Crippen LogP contribution in [0.2, 0.25) is 5.02 Å². The number of amides is 2. The SMILES string of the molecule is CN(CC(=O)Nc1nc2ccc(Cl)cc2s1)C(=O)CNC(C)(C)C. The van der Waals surface area contributed by atoms with Crippen LogP contribution >= 0.6 is 22.9 Å². The van der Waals surface area contributed by atoms with Gasteiger partial charge in [-0.05, 0) is 39.0 Å². The molecule has 1 aromatic carbocycles. The van der Waals surface area contributed by atoms with Gasteiger partial charge < -0.3 is 15.5 Å². The second-order valence-corrected chi connectivity index (χ2v) is 8.00. The number of halogens is 1. The highest BCUT2D eigenvalue weighted by molar-refractivity contribution is 7.22. The van der Waals surface area contributed by atoms with Crippen LogP contribution in [0.4, 0.5) is 5.13 Å². The normalized spacial score (nSPS) is 11.5. The van der Waals surface area contributed by atoms with E-state index in [1.807, 2.05) is 20.8 Å². The van der Waals surface area contributed by atoms with E-state index in [0.717, 1.165) is 10.2 Å². The Morgan fingerprint density at radius 3 is 2.71 bits per heavy atom. The molecule has 24 heavy (non-hydrogen) atoms. The lowest BCUT2D eigenvalue weighted by atomic mass is 10.1. The molecule has 1 heterocycles. The highest BCUT2D eigenvalue weighted by atomic mass is 35.5. The highest BCUT2D eigenvalue weighted by Gasteiger charge is 2.17. The third-order valence-electron chi connectivity index (χ3n) is 3.17. The minimum absolute atomic E-state index is 0.0265. The Morgan fingerprint density at radius 1 is 1.33 bits per heavy atom. The van der Waals surface area contributed by atoms with Crippen molar-refractivity contribution < 1.29 is 9.59 Å². The molecule has 0 bridgehead atoms. The molecule has 0 saturated heterocycles. The summed E-state index contributed by atoms with van der Waals surface area (Å²) in [5.41, 5.74) is 0.625. The summed E-state index contributed by atoms with van der Waals surface area (Å²) in [5, 5.41) is 6.94. The lowest BCUT2D eigenvalue weighted by Gasteiger charge is -2.23. The molecule has 8 heteroatoms. The molecule has 0 spiro atoms. The number of anilines is 1. The second kappa shape index (κ2) is 7.46. The monoisotopic (exact) mass is 368 g/mol. The Kier molecular flexibility index (Phi) is 5.79. The number of nitrogens with zero attached hydrogens (tertiary/aromatic N) is 2. The summed E-state index contributed by atoms with van der Waals surface area (Å²) < 4.78 is 0.900. The first kappa shape index (κ1) is 18.6. The fourth-order valence-corrected chi connectivity index (χ4v) is 3.05. The Labute approximate surface area is 150 Å². The van der Waals surface area contributed by atoms with Gasteiger partial charge in [-0.15, -0.1) is 0 Å². The summed E-state index contributed by atoms with van der Waals surface area (Å²) in [5.74, 6) is -0.428. The third kappa shape index (κ3) is 5.43. The van der Waals surface area contributed by atoms with Crippen LogP contribution in [0.15, 0.2) is 18.2 Å². The topological polar surface area (TPSA) is 74.3 Å². The zero-order valence-corrected chi connectivity index (χ0v) is 15.7. The van der Waals surface area contributed by atoms with E-state index in [2.05, 4.69) is 15.6 Å². The van der Waals surface area contributed by atoms with Crippen LogP contribution < -0.4 is 10.6 Å². The second-order valence-electron chi connectivity index (χ2n) is 6.53. The zero-order valence-electron chi connectivity index (χ0n) is 14.1. The maximum absolute atomic E-state index is 12.1. The fourth-order valence-electron chi connectivity index (χ4n) is 1.89. The third-order valence-corrected chi connectivity index (χ3v) is 4.34. The van der Waals surface area contributed by atoms with Crippen molar-refractivity contribution in [2.75, 3.05) is 25.5 Å². The van der Waals surface area contributed by atoms with E-state index in [1.54, 1.807) is 25.2 Å². The minimum Gasteiger partial charge on any atom is -0.335 e. The van der Waals surface area contributed by atoms with E-state index in [4.69, 9.17) is 11.6 Å². The Hall–Kier alpha value is -1.70. The van der Waals surface area contributed by atoms with Gasteiger partial charge in [0, 0.05) is 17.6 Å². The lowest BCUT2D eigenvalue weighted by Crippen LogP contribution is -2.45. The van der Waals surface area contributed by atoms with Gasteiger partial charge in [0.2, 0.25) is 11.8 Å². The minimum atomic E-state index is -0.285. The van der Waals surface area contributed by atoms with Crippen molar-refractivity contribution in [3.8, 4) is 0 Å². The van der Waals surface area contributed by atoms with Crippen LogP contribution in [0, 0.1) is 0 Å². The number of carbonyl (C=O) groups excluding carboxylic acids is 2. The Morgan fingerprint density at radius 2 is 2.04 bits per heavy atom. The van der Waals surface area contributed by atoms with Crippen LogP contribution in [0.5, 0.6) is 0 Å². The van der Waals surface area contributed by atoms with Crippen molar-refractivity contribution in [3.63, 3.8) is 0 Å². The quantitative estimate of drug-likeness (QED) is 0.851. The van der Waals surface area contributed by atoms with Crippen LogP contribution in [-0.4, -0.2) is 47.4 Å². The molecule has 2 amide bonds. The van der Waals surface area contributed by atoms with Gasteiger partial charge in [-0.2, -0.15) is 0 Å².